The Morgan fingerprint density at radius 2 is 1.88 bits per heavy atom. The van der Waals surface area contributed by atoms with Crippen LogP contribution in [0.3, 0.4) is 0 Å². The van der Waals surface area contributed by atoms with Crippen LogP contribution in [0.4, 0.5) is 5.69 Å². The van der Waals surface area contributed by atoms with E-state index in [0.29, 0.717) is 33.9 Å². The molecule has 1 aliphatic heterocycles. The third-order valence-electron chi connectivity index (χ3n) is 5.99. The fourth-order valence-electron chi connectivity index (χ4n) is 4.24. The number of benzene rings is 2. The zero-order valence-corrected chi connectivity index (χ0v) is 19.3. The van der Waals surface area contributed by atoms with E-state index in [0.717, 1.165) is 5.56 Å². The van der Waals surface area contributed by atoms with Crippen molar-refractivity contribution in [1.29, 1.82) is 5.26 Å². The van der Waals surface area contributed by atoms with Gasteiger partial charge < -0.3 is 14.3 Å². The van der Waals surface area contributed by atoms with Gasteiger partial charge in [-0.05, 0) is 72.5 Å². The number of amides is 1. The van der Waals surface area contributed by atoms with Crippen molar-refractivity contribution in [2.75, 3.05) is 12.0 Å². The number of ether oxygens (including phenoxy) is 1. The van der Waals surface area contributed by atoms with Crippen LogP contribution in [-0.4, -0.2) is 23.9 Å². The van der Waals surface area contributed by atoms with Gasteiger partial charge in [0.1, 0.15) is 23.3 Å². The summed E-state index contributed by atoms with van der Waals surface area (Å²) in [4.78, 5) is 27.7. The van der Waals surface area contributed by atoms with Gasteiger partial charge >= 0.3 is 0 Å². The first-order valence-corrected chi connectivity index (χ1v) is 10.8. The number of carbonyl (C=O) groups excluding carboxylic acids is 2. The molecule has 7 heteroatoms. The van der Waals surface area contributed by atoms with Crippen molar-refractivity contribution in [1.82, 2.24) is 0 Å². The minimum absolute atomic E-state index is 0.0627. The summed E-state index contributed by atoms with van der Waals surface area (Å²) >= 11 is 0. The Bertz CT molecular complexity index is 1330. The first-order chi connectivity index (χ1) is 16.3. The highest BCUT2D eigenvalue weighted by Gasteiger charge is 2.48. The van der Waals surface area contributed by atoms with E-state index in [1.165, 1.54) is 11.2 Å². The van der Waals surface area contributed by atoms with Crippen molar-refractivity contribution < 1.29 is 23.8 Å². The number of Topliss-reactive ketones (excluding diaryl/α,β-unsaturated/α-hetero) is 1. The lowest BCUT2D eigenvalue weighted by atomic mass is 9.92. The summed E-state index contributed by atoms with van der Waals surface area (Å²) in [5, 5.41) is 20.5. The third-order valence-corrected chi connectivity index (χ3v) is 5.99. The van der Waals surface area contributed by atoms with Crippen LogP contribution in [-0.2, 0) is 9.59 Å². The highest BCUT2D eigenvalue weighted by molar-refractivity contribution is 6.51. The van der Waals surface area contributed by atoms with Gasteiger partial charge in [-0.15, -0.1) is 0 Å². The Hall–Kier alpha value is -4.31. The summed E-state index contributed by atoms with van der Waals surface area (Å²) in [6.45, 7) is 5.81. The van der Waals surface area contributed by atoms with Crippen molar-refractivity contribution in [2.45, 2.75) is 32.7 Å². The molecule has 0 spiro atoms. The van der Waals surface area contributed by atoms with Gasteiger partial charge in [-0.1, -0.05) is 13.8 Å². The highest BCUT2D eigenvalue weighted by atomic mass is 16.5. The Morgan fingerprint density at radius 3 is 2.44 bits per heavy atom. The van der Waals surface area contributed by atoms with Crippen LogP contribution in [0.25, 0.3) is 5.76 Å². The standard InChI is InChI=1S/C27H24N2O5/c1-15(2)19-13-20(16(3)12-22(19)33-4)25(30)23-24(21-6-5-11-34-21)29(27(32)26(23)31)18-9-7-17(14-28)8-10-18/h5-13,15,24,30H,1-4H3/b25-23+. The van der Waals surface area contributed by atoms with Gasteiger partial charge in [0.2, 0.25) is 0 Å². The quantitative estimate of drug-likeness (QED) is 0.321. The van der Waals surface area contributed by atoms with E-state index >= 15 is 0 Å². The van der Waals surface area contributed by atoms with Crippen LogP contribution in [0.1, 0.15) is 53.8 Å². The Morgan fingerprint density at radius 1 is 1.18 bits per heavy atom. The molecule has 0 saturated carbocycles. The van der Waals surface area contributed by atoms with Gasteiger partial charge in [0.15, 0.2) is 0 Å². The lowest BCUT2D eigenvalue weighted by Crippen LogP contribution is -2.29. The van der Waals surface area contributed by atoms with Gasteiger partial charge in [-0.2, -0.15) is 5.26 Å². The van der Waals surface area contributed by atoms with Crippen LogP contribution in [0.5, 0.6) is 5.75 Å². The maximum atomic E-state index is 13.3. The molecule has 2 heterocycles. The number of nitrogens with zero attached hydrogens (tertiary/aromatic N) is 2. The second kappa shape index (κ2) is 8.91. The molecule has 172 valence electrons. The average Bonchev–Trinajstić information content (AvgIpc) is 3.45. The molecule has 1 saturated heterocycles. The maximum absolute atomic E-state index is 13.3. The van der Waals surface area contributed by atoms with Crippen LogP contribution in [0, 0.1) is 18.3 Å². The number of ketones is 1. The number of nitriles is 1. The molecule has 1 unspecified atom stereocenters. The van der Waals surface area contributed by atoms with E-state index in [1.54, 1.807) is 56.5 Å². The summed E-state index contributed by atoms with van der Waals surface area (Å²) in [5.74, 6) is -0.764. The fraction of sp³-hybridized carbons (Fsp3) is 0.222. The van der Waals surface area contributed by atoms with E-state index in [-0.39, 0.29) is 17.3 Å². The zero-order chi connectivity index (χ0) is 24.6. The smallest absolute Gasteiger partial charge is 0.300 e. The molecular weight excluding hydrogens is 432 g/mol. The van der Waals surface area contributed by atoms with E-state index < -0.39 is 17.7 Å². The molecule has 1 aromatic heterocycles. The molecule has 0 aliphatic carbocycles. The zero-order valence-electron chi connectivity index (χ0n) is 19.3. The van der Waals surface area contributed by atoms with Gasteiger partial charge in [0, 0.05) is 11.3 Å². The van der Waals surface area contributed by atoms with Crippen molar-refractivity contribution in [3.8, 4) is 11.8 Å². The number of anilines is 1. The number of aliphatic hydroxyl groups excluding tert-OH is 1. The summed E-state index contributed by atoms with van der Waals surface area (Å²) in [6, 6.07) is 14.3. The second-order valence-corrected chi connectivity index (χ2v) is 8.41. The number of carbonyl (C=O) groups is 2. The van der Waals surface area contributed by atoms with Crippen molar-refractivity contribution in [3.05, 3.63) is 88.4 Å². The number of methoxy groups -OCH3 is 1. The molecular formula is C27H24N2O5. The topological polar surface area (TPSA) is 104 Å². The molecule has 1 amide bonds. The molecule has 34 heavy (non-hydrogen) atoms. The first kappa shape index (κ1) is 22.9. The molecule has 1 aliphatic rings. The van der Waals surface area contributed by atoms with E-state index in [4.69, 9.17) is 14.4 Å². The summed E-state index contributed by atoms with van der Waals surface area (Å²) in [7, 11) is 1.58. The number of hydrogen-bond acceptors (Lipinski definition) is 6. The van der Waals surface area contributed by atoms with Crippen molar-refractivity contribution in [3.63, 3.8) is 0 Å². The van der Waals surface area contributed by atoms with Crippen LogP contribution in [0.15, 0.2) is 64.8 Å². The van der Waals surface area contributed by atoms with Crippen molar-refractivity contribution in [2.24, 2.45) is 0 Å². The molecule has 1 N–H and O–H groups in total. The molecule has 7 nitrogen and oxygen atoms in total. The van der Waals surface area contributed by atoms with Crippen LogP contribution < -0.4 is 9.64 Å². The summed E-state index contributed by atoms with van der Waals surface area (Å²) < 4.78 is 11.1. The predicted octanol–water partition coefficient (Wildman–Crippen LogP) is 5.22. The van der Waals surface area contributed by atoms with Crippen LogP contribution in [0.2, 0.25) is 0 Å². The average molecular weight is 456 g/mol. The lowest BCUT2D eigenvalue weighted by Gasteiger charge is -2.23. The number of aryl methyl sites for hydroxylation is 1. The predicted molar refractivity (Wildman–Crippen MR) is 126 cm³/mol. The van der Waals surface area contributed by atoms with E-state index in [1.807, 2.05) is 26.0 Å². The third kappa shape index (κ3) is 3.73. The number of aliphatic hydroxyl groups is 1. The molecule has 3 aromatic rings. The first-order valence-electron chi connectivity index (χ1n) is 10.8. The van der Waals surface area contributed by atoms with Gasteiger partial charge in [-0.25, -0.2) is 0 Å². The largest absolute Gasteiger partial charge is 0.507 e. The maximum Gasteiger partial charge on any atom is 0.300 e. The Balaban J connectivity index is 1.94. The minimum atomic E-state index is -0.966. The molecule has 1 fully saturated rings. The molecule has 4 rings (SSSR count). The van der Waals surface area contributed by atoms with E-state index in [9.17, 15) is 14.7 Å². The van der Waals surface area contributed by atoms with Crippen molar-refractivity contribution >= 4 is 23.1 Å². The molecule has 2 aromatic carbocycles. The van der Waals surface area contributed by atoms with Gasteiger partial charge in [0.05, 0.1) is 30.6 Å². The Kier molecular flexibility index (Phi) is 5.99. The van der Waals surface area contributed by atoms with Crippen LogP contribution >= 0.6 is 0 Å². The second-order valence-electron chi connectivity index (χ2n) is 8.41. The summed E-state index contributed by atoms with van der Waals surface area (Å²) in [6.07, 6.45) is 1.45. The number of rotatable bonds is 5. The highest BCUT2D eigenvalue weighted by Crippen LogP contribution is 2.43. The lowest BCUT2D eigenvalue weighted by molar-refractivity contribution is -0.132. The molecule has 0 bridgehead atoms. The summed E-state index contributed by atoms with van der Waals surface area (Å²) in [5.41, 5.74) is 2.78. The number of hydrogen-bond donors (Lipinski definition) is 1. The normalized spacial score (nSPS) is 17.3. The fourth-order valence-corrected chi connectivity index (χ4v) is 4.24. The van der Waals surface area contributed by atoms with E-state index in [2.05, 4.69) is 0 Å². The number of furan rings is 1. The minimum Gasteiger partial charge on any atom is -0.507 e. The van der Waals surface area contributed by atoms with Gasteiger partial charge in [-0.3, -0.25) is 14.5 Å². The monoisotopic (exact) mass is 456 g/mol. The molecule has 0 radical (unpaired) electrons. The molecule has 1 atom stereocenters. The SMILES string of the molecule is COc1cc(C)c(/C(O)=C2\C(=O)C(=O)N(c3ccc(C#N)cc3)C2c2ccco2)cc1C(C)C. The van der Waals surface area contributed by atoms with Gasteiger partial charge in [0.25, 0.3) is 11.7 Å². The Labute approximate surface area is 197 Å².